The van der Waals surface area contributed by atoms with Gasteiger partial charge in [0.15, 0.2) is 0 Å². The summed E-state index contributed by atoms with van der Waals surface area (Å²) in [6, 6.07) is 5.91. The SMILES string of the molecule is CC(C)N(CCNc1ccc([N+](=O)[O-])cc1I)C(C)C. The topological polar surface area (TPSA) is 58.4 Å². The van der Waals surface area contributed by atoms with Crippen molar-refractivity contribution in [1.29, 1.82) is 0 Å². The smallest absolute Gasteiger partial charge is 0.270 e. The number of nitrogens with one attached hydrogen (secondary N) is 1. The van der Waals surface area contributed by atoms with E-state index in [1.807, 2.05) is 0 Å². The van der Waals surface area contributed by atoms with Crippen LogP contribution in [0.1, 0.15) is 27.7 Å². The molecule has 112 valence electrons. The summed E-state index contributed by atoms with van der Waals surface area (Å²) < 4.78 is 0.873. The van der Waals surface area contributed by atoms with Gasteiger partial charge in [-0.05, 0) is 56.4 Å². The van der Waals surface area contributed by atoms with E-state index in [4.69, 9.17) is 0 Å². The van der Waals surface area contributed by atoms with Crippen molar-refractivity contribution in [3.63, 3.8) is 0 Å². The molecule has 0 radical (unpaired) electrons. The quantitative estimate of drug-likeness (QED) is 0.437. The van der Waals surface area contributed by atoms with E-state index in [0.717, 1.165) is 22.3 Å². The minimum Gasteiger partial charge on any atom is -0.383 e. The largest absolute Gasteiger partial charge is 0.383 e. The number of hydrogen-bond donors (Lipinski definition) is 1. The third-order valence-electron chi connectivity index (χ3n) is 3.18. The summed E-state index contributed by atoms with van der Waals surface area (Å²) in [5, 5.41) is 14.0. The van der Waals surface area contributed by atoms with Gasteiger partial charge in [0.2, 0.25) is 0 Å². The normalized spacial score (nSPS) is 11.4. The minimum absolute atomic E-state index is 0.130. The maximum absolute atomic E-state index is 10.7. The molecule has 1 N–H and O–H groups in total. The maximum atomic E-state index is 10.7. The Hall–Kier alpha value is -0.890. The van der Waals surface area contributed by atoms with Gasteiger partial charge in [0.25, 0.3) is 5.69 Å². The highest BCUT2D eigenvalue weighted by Crippen LogP contribution is 2.23. The second kappa shape index (κ2) is 7.78. The molecule has 0 aliphatic heterocycles. The van der Waals surface area contributed by atoms with Crippen LogP contribution in [0.15, 0.2) is 18.2 Å². The predicted octanol–water partition coefficient (Wildman–Crippen LogP) is 3.73. The summed E-state index contributed by atoms with van der Waals surface area (Å²) in [5.41, 5.74) is 1.08. The Morgan fingerprint density at radius 1 is 1.30 bits per heavy atom. The summed E-state index contributed by atoms with van der Waals surface area (Å²) in [7, 11) is 0. The van der Waals surface area contributed by atoms with Crippen LogP contribution in [0.5, 0.6) is 0 Å². The lowest BCUT2D eigenvalue weighted by molar-refractivity contribution is -0.384. The van der Waals surface area contributed by atoms with Gasteiger partial charge in [0, 0.05) is 46.6 Å². The van der Waals surface area contributed by atoms with Crippen molar-refractivity contribution in [2.45, 2.75) is 39.8 Å². The molecule has 20 heavy (non-hydrogen) atoms. The van der Waals surface area contributed by atoms with Crippen molar-refractivity contribution in [3.05, 3.63) is 31.9 Å². The summed E-state index contributed by atoms with van der Waals surface area (Å²) in [6.07, 6.45) is 0. The van der Waals surface area contributed by atoms with Crippen LogP contribution in [-0.2, 0) is 0 Å². The second-order valence-electron chi connectivity index (χ2n) is 5.27. The first kappa shape index (κ1) is 17.2. The number of hydrogen-bond acceptors (Lipinski definition) is 4. The first-order valence-electron chi connectivity index (χ1n) is 6.76. The van der Waals surface area contributed by atoms with Gasteiger partial charge >= 0.3 is 0 Å². The van der Waals surface area contributed by atoms with Gasteiger partial charge in [-0.2, -0.15) is 0 Å². The fourth-order valence-corrected chi connectivity index (χ4v) is 2.88. The number of rotatable bonds is 7. The molecule has 0 atom stereocenters. The van der Waals surface area contributed by atoms with E-state index >= 15 is 0 Å². The molecule has 0 spiro atoms. The molecule has 5 nitrogen and oxygen atoms in total. The number of benzene rings is 1. The number of nitrogens with zero attached hydrogens (tertiary/aromatic N) is 2. The zero-order valence-electron chi connectivity index (χ0n) is 12.4. The van der Waals surface area contributed by atoms with Crippen molar-refractivity contribution in [2.24, 2.45) is 0 Å². The Balaban J connectivity index is 2.60. The van der Waals surface area contributed by atoms with Gasteiger partial charge < -0.3 is 5.32 Å². The summed E-state index contributed by atoms with van der Waals surface area (Å²) in [6.45, 7) is 10.5. The van der Waals surface area contributed by atoms with E-state index in [1.165, 1.54) is 6.07 Å². The molecular weight excluding hydrogens is 369 g/mol. The lowest BCUT2D eigenvalue weighted by Crippen LogP contribution is -2.40. The van der Waals surface area contributed by atoms with E-state index in [0.29, 0.717) is 12.1 Å². The summed E-state index contributed by atoms with van der Waals surface area (Å²) in [4.78, 5) is 12.7. The second-order valence-corrected chi connectivity index (χ2v) is 6.44. The molecule has 0 aromatic heterocycles. The van der Waals surface area contributed by atoms with Crippen LogP contribution in [-0.4, -0.2) is 35.0 Å². The number of nitro benzene ring substituents is 1. The number of halogens is 1. The highest BCUT2D eigenvalue weighted by molar-refractivity contribution is 14.1. The summed E-state index contributed by atoms with van der Waals surface area (Å²) >= 11 is 2.12. The first-order valence-corrected chi connectivity index (χ1v) is 7.84. The molecule has 0 bridgehead atoms. The minimum atomic E-state index is -0.370. The van der Waals surface area contributed by atoms with Crippen LogP contribution in [0.3, 0.4) is 0 Å². The van der Waals surface area contributed by atoms with Crippen LogP contribution in [0.25, 0.3) is 0 Å². The molecule has 0 amide bonds. The third-order valence-corrected chi connectivity index (χ3v) is 4.07. The Morgan fingerprint density at radius 3 is 2.35 bits per heavy atom. The predicted molar refractivity (Wildman–Crippen MR) is 91.3 cm³/mol. The van der Waals surface area contributed by atoms with Gasteiger partial charge in [-0.1, -0.05) is 0 Å². The number of non-ortho nitro benzene ring substituents is 1. The van der Waals surface area contributed by atoms with Crippen molar-refractivity contribution in [2.75, 3.05) is 18.4 Å². The monoisotopic (exact) mass is 391 g/mol. The van der Waals surface area contributed by atoms with Gasteiger partial charge in [0.05, 0.1) is 4.92 Å². The zero-order valence-corrected chi connectivity index (χ0v) is 14.5. The molecule has 0 aliphatic rings. The van der Waals surface area contributed by atoms with E-state index in [-0.39, 0.29) is 10.6 Å². The van der Waals surface area contributed by atoms with Crippen molar-refractivity contribution in [3.8, 4) is 0 Å². The van der Waals surface area contributed by atoms with Crippen LogP contribution in [0.2, 0.25) is 0 Å². The molecule has 0 fully saturated rings. The Kier molecular flexibility index (Phi) is 6.67. The molecule has 0 heterocycles. The van der Waals surface area contributed by atoms with Crippen LogP contribution in [0, 0.1) is 13.7 Å². The lowest BCUT2D eigenvalue weighted by atomic mass is 10.2. The average molecular weight is 391 g/mol. The highest BCUT2D eigenvalue weighted by Gasteiger charge is 2.13. The lowest BCUT2D eigenvalue weighted by Gasteiger charge is -2.30. The van der Waals surface area contributed by atoms with Crippen molar-refractivity contribution < 1.29 is 4.92 Å². The van der Waals surface area contributed by atoms with E-state index in [9.17, 15) is 10.1 Å². The standard InChI is InChI=1S/C14H22IN3O2/c1-10(2)17(11(3)4)8-7-16-14-6-5-12(18(19)20)9-13(14)15/h5-6,9-11,16H,7-8H2,1-4H3. The van der Waals surface area contributed by atoms with Crippen LogP contribution < -0.4 is 5.32 Å². The van der Waals surface area contributed by atoms with E-state index < -0.39 is 0 Å². The Morgan fingerprint density at radius 2 is 1.90 bits per heavy atom. The van der Waals surface area contributed by atoms with E-state index in [1.54, 1.807) is 12.1 Å². The summed E-state index contributed by atoms with van der Waals surface area (Å²) in [5.74, 6) is 0. The Labute approximate surface area is 134 Å². The van der Waals surface area contributed by atoms with Gasteiger partial charge in [-0.15, -0.1) is 0 Å². The molecule has 1 aromatic carbocycles. The first-order chi connectivity index (χ1) is 9.32. The van der Waals surface area contributed by atoms with Crippen molar-refractivity contribution >= 4 is 34.0 Å². The fourth-order valence-electron chi connectivity index (χ4n) is 2.19. The van der Waals surface area contributed by atoms with Crippen LogP contribution >= 0.6 is 22.6 Å². The molecule has 0 saturated heterocycles. The Bertz CT molecular complexity index is 456. The third kappa shape index (κ3) is 4.90. The molecule has 6 heteroatoms. The van der Waals surface area contributed by atoms with Crippen molar-refractivity contribution in [1.82, 2.24) is 4.90 Å². The molecule has 1 aromatic rings. The molecule has 0 aliphatic carbocycles. The number of anilines is 1. The average Bonchev–Trinajstić information content (AvgIpc) is 2.34. The maximum Gasteiger partial charge on any atom is 0.270 e. The molecule has 1 rings (SSSR count). The fraction of sp³-hybridized carbons (Fsp3) is 0.571. The van der Waals surface area contributed by atoms with Gasteiger partial charge in [0.1, 0.15) is 0 Å². The van der Waals surface area contributed by atoms with E-state index in [2.05, 4.69) is 60.5 Å². The number of nitro groups is 1. The van der Waals surface area contributed by atoms with Gasteiger partial charge in [-0.25, -0.2) is 0 Å². The van der Waals surface area contributed by atoms with Crippen LogP contribution in [0.4, 0.5) is 11.4 Å². The zero-order chi connectivity index (χ0) is 15.3. The highest BCUT2D eigenvalue weighted by atomic mass is 127. The molecular formula is C14H22IN3O2. The van der Waals surface area contributed by atoms with Gasteiger partial charge in [-0.3, -0.25) is 15.0 Å². The molecule has 0 unspecified atom stereocenters. The molecule has 0 saturated carbocycles.